The van der Waals surface area contributed by atoms with Crippen molar-refractivity contribution in [2.75, 3.05) is 19.7 Å². The van der Waals surface area contributed by atoms with Crippen LogP contribution in [0.2, 0.25) is 0 Å². The van der Waals surface area contributed by atoms with Crippen molar-refractivity contribution in [1.29, 1.82) is 0 Å². The molecule has 0 aromatic carbocycles. The summed E-state index contributed by atoms with van der Waals surface area (Å²) in [5, 5.41) is 8.94. The monoisotopic (exact) mass is 250 g/mol. The van der Waals surface area contributed by atoms with Crippen LogP contribution in [0.25, 0.3) is 0 Å². The Hall–Kier alpha value is -1.29. The van der Waals surface area contributed by atoms with E-state index in [9.17, 15) is 4.79 Å². The zero-order valence-corrected chi connectivity index (χ0v) is 11.2. The van der Waals surface area contributed by atoms with E-state index in [0.717, 1.165) is 31.6 Å². The predicted octanol–water partition coefficient (Wildman–Crippen LogP) is 1.91. The maximum atomic E-state index is 12.4. The highest BCUT2D eigenvalue weighted by atomic mass is 16.3. The Labute approximate surface area is 108 Å². The molecule has 0 spiro atoms. The van der Waals surface area contributed by atoms with Gasteiger partial charge < -0.3 is 14.6 Å². The third-order valence-corrected chi connectivity index (χ3v) is 3.66. The lowest BCUT2D eigenvalue weighted by atomic mass is 10.1. The molecule has 1 atom stereocenters. The van der Waals surface area contributed by atoms with Crippen molar-refractivity contribution in [3.63, 3.8) is 0 Å². The van der Waals surface area contributed by atoms with Crippen molar-refractivity contribution in [3.05, 3.63) is 24.0 Å². The van der Waals surface area contributed by atoms with Crippen LogP contribution in [-0.4, -0.2) is 40.2 Å². The number of hydrogen-bond acceptors (Lipinski definition) is 2. The van der Waals surface area contributed by atoms with E-state index >= 15 is 0 Å². The number of aliphatic hydroxyl groups excluding tert-OH is 1. The van der Waals surface area contributed by atoms with Crippen molar-refractivity contribution in [2.45, 2.75) is 32.7 Å². The second kappa shape index (κ2) is 5.57. The first-order valence-corrected chi connectivity index (χ1v) is 6.70. The van der Waals surface area contributed by atoms with Crippen molar-refractivity contribution in [2.24, 2.45) is 5.92 Å². The van der Waals surface area contributed by atoms with Crippen LogP contribution in [0, 0.1) is 5.92 Å². The van der Waals surface area contributed by atoms with E-state index < -0.39 is 0 Å². The van der Waals surface area contributed by atoms with Gasteiger partial charge >= 0.3 is 0 Å². The third-order valence-electron chi connectivity index (χ3n) is 3.66. The average molecular weight is 250 g/mol. The molecule has 2 heterocycles. The predicted molar refractivity (Wildman–Crippen MR) is 70.5 cm³/mol. The maximum Gasteiger partial charge on any atom is 0.270 e. The third kappa shape index (κ3) is 2.58. The lowest BCUT2D eigenvalue weighted by Gasteiger charge is -2.19. The van der Waals surface area contributed by atoms with E-state index in [1.807, 2.05) is 27.8 Å². The van der Waals surface area contributed by atoms with Crippen LogP contribution in [0.1, 0.15) is 43.2 Å². The average Bonchev–Trinajstić information content (AvgIpc) is 2.96. The number of hydrogen-bond donors (Lipinski definition) is 1. The number of nitrogens with zero attached hydrogens (tertiary/aromatic N) is 2. The standard InChI is InChI=1S/C14H22N2O2/c1-11(2)16-7-3-4-13(16)14(18)15-8-5-12(10-15)6-9-17/h3-4,7,11-12,17H,5-6,8-10H2,1-2H3. The van der Waals surface area contributed by atoms with Crippen molar-refractivity contribution in [1.82, 2.24) is 9.47 Å². The fourth-order valence-electron chi connectivity index (χ4n) is 2.62. The Morgan fingerprint density at radius 3 is 3.00 bits per heavy atom. The highest BCUT2D eigenvalue weighted by Crippen LogP contribution is 2.22. The highest BCUT2D eigenvalue weighted by molar-refractivity contribution is 5.93. The second-order valence-electron chi connectivity index (χ2n) is 5.31. The number of likely N-dealkylation sites (tertiary alicyclic amines) is 1. The number of aliphatic hydroxyl groups is 1. The van der Waals surface area contributed by atoms with Crippen molar-refractivity contribution in [3.8, 4) is 0 Å². The summed E-state index contributed by atoms with van der Waals surface area (Å²) in [6.07, 6.45) is 3.77. The molecule has 1 aromatic heterocycles. The van der Waals surface area contributed by atoms with E-state index in [2.05, 4.69) is 13.8 Å². The fourth-order valence-corrected chi connectivity index (χ4v) is 2.62. The smallest absolute Gasteiger partial charge is 0.270 e. The molecule has 2 rings (SSSR count). The van der Waals surface area contributed by atoms with E-state index in [1.54, 1.807) is 0 Å². The van der Waals surface area contributed by atoms with E-state index in [4.69, 9.17) is 5.11 Å². The molecule has 0 radical (unpaired) electrons. The van der Waals surface area contributed by atoms with Crippen LogP contribution >= 0.6 is 0 Å². The van der Waals surface area contributed by atoms with Crippen molar-refractivity contribution >= 4 is 5.91 Å². The minimum absolute atomic E-state index is 0.120. The largest absolute Gasteiger partial charge is 0.396 e. The number of carbonyl (C=O) groups excluding carboxylic acids is 1. The lowest BCUT2D eigenvalue weighted by molar-refractivity contribution is 0.0772. The summed E-state index contributed by atoms with van der Waals surface area (Å²) in [4.78, 5) is 14.3. The summed E-state index contributed by atoms with van der Waals surface area (Å²) in [5.74, 6) is 0.579. The summed E-state index contributed by atoms with van der Waals surface area (Å²) in [5.41, 5.74) is 0.773. The van der Waals surface area contributed by atoms with Crippen LogP contribution in [0.4, 0.5) is 0 Å². The fraction of sp³-hybridized carbons (Fsp3) is 0.643. The quantitative estimate of drug-likeness (QED) is 0.887. The van der Waals surface area contributed by atoms with Crippen LogP contribution in [0.5, 0.6) is 0 Å². The first kappa shape index (κ1) is 13.1. The van der Waals surface area contributed by atoms with E-state index in [-0.39, 0.29) is 12.5 Å². The van der Waals surface area contributed by atoms with Gasteiger partial charge in [0.1, 0.15) is 5.69 Å². The Morgan fingerprint density at radius 1 is 1.56 bits per heavy atom. The van der Waals surface area contributed by atoms with E-state index in [0.29, 0.717) is 12.0 Å². The zero-order chi connectivity index (χ0) is 13.1. The topological polar surface area (TPSA) is 45.5 Å². The molecule has 18 heavy (non-hydrogen) atoms. The minimum atomic E-state index is 0.120. The summed E-state index contributed by atoms with van der Waals surface area (Å²) < 4.78 is 2.02. The molecule has 4 heteroatoms. The minimum Gasteiger partial charge on any atom is -0.396 e. The molecule has 1 unspecified atom stereocenters. The first-order chi connectivity index (χ1) is 8.63. The molecule has 1 amide bonds. The van der Waals surface area contributed by atoms with Gasteiger partial charge in [-0.05, 0) is 44.7 Å². The van der Waals surface area contributed by atoms with Crippen molar-refractivity contribution < 1.29 is 9.90 Å². The van der Waals surface area contributed by atoms with Crippen LogP contribution in [-0.2, 0) is 0 Å². The Bertz CT molecular complexity index is 412. The Kier molecular flexibility index (Phi) is 4.07. The molecule has 1 aromatic rings. The highest BCUT2D eigenvalue weighted by Gasteiger charge is 2.28. The maximum absolute atomic E-state index is 12.4. The molecule has 1 fully saturated rings. The molecule has 1 saturated heterocycles. The van der Waals surface area contributed by atoms with Gasteiger partial charge in [0.05, 0.1) is 0 Å². The number of rotatable bonds is 4. The summed E-state index contributed by atoms with van der Waals surface area (Å²) in [6, 6.07) is 4.12. The zero-order valence-electron chi connectivity index (χ0n) is 11.2. The summed E-state index contributed by atoms with van der Waals surface area (Å²) in [7, 11) is 0. The van der Waals surface area contributed by atoms with Gasteiger partial charge in [-0.1, -0.05) is 0 Å². The van der Waals surface area contributed by atoms with Gasteiger partial charge in [0.2, 0.25) is 0 Å². The van der Waals surface area contributed by atoms with Gasteiger partial charge in [0.15, 0.2) is 0 Å². The van der Waals surface area contributed by atoms with Gasteiger partial charge in [0.25, 0.3) is 5.91 Å². The Balaban J connectivity index is 2.06. The van der Waals surface area contributed by atoms with Crippen LogP contribution in [0.15, 0.2) is 18.3 Å². The van der Waals surface area contributed by atoms with Gasteiger partial charge in [0, 0.05) is 31.9 Å². The van der Waals surface area contributed by atoms with Crippen LogP contribution < -0.4 is 0 Å². The Morgan fingerprint density at radius 2 is 2.33 bits per heavy atom. The van der Waals surface area contributed by atoms with Gasteiger partial charge in [-0.3, -0.25) is 4.79 Å². The molecule has 0 bridgehead atoms. The molecular formula is C14H22N2O2. The molecule has 100 valence electrons. The molecule has 0 aliphatic carbocycles. The molecule has 1 aliphatic heterocycles. The molecule has 4 nitrogen and oxygen atoms in total. The number of amides is 1. The molecule has 1 aliphatic rings. The molecular weight excluding hydrogens is 228 g/mol. The number of aromatic nitrogens is 1. The van der Waals surface area contributed by atoms with Gasteiger partial charge in [-0.25, -0.2) is 0 Å². The summed E-state index contributed by atoms with van der Waals surface area (Å²) >= 11 is 0. The molecule has 1 N–H and O–H groups in total. The number of carbonyl (C=O) groups is 1. The lowest BCUT2D eigenvalue weighted by Crippen LogP contribution is -2.30. The normalized spacial score (nSPS) is 19.8. The SMILES string of the molecule is CC(C)n1cccc1C(=O)N1CCC(CCO)C1. The van der Waals surface area contributed by atoms with E-state index in [1.165, 1.54) is 0 Å². The summed E-state index contributed by atoms with van der Waals surface area (Å²) in [6.45, 7) is 5.97. The molecule has 0 saturated carbocycles. The van der Waals surface area contributed by atoms with Gasteiger partial charge in [-0.2, -0.15) is 0 Å². The van der Waals surface area contributed by atoms with Gasteiger partial charge in [-0.15, -0.1) is 0 Å². The first-order valence-electron chi connectivity index (χ1n) is 6.70. The second-order valence-corrected chi connectivity index (χ2v) is 5.31. The van der Waals surface area contributed by atoms with Crippen LogP contribution in [0.3, 0.4) is 0 Å².